The van der Waals surface area contributed by atoms with Gasteiger partial charge < -0.3 is 5.32 Å². The predicted octanol–water partition coefficient (Wildman–Crippen LogP) is 2.42. The molecule has 0 fully saturated rings. The maximum absolute atomic E-state index is 13.8. The molecule has 0 saturated heterocycles. The number of anilines is 1. The van der Waals surface area contributed by atoms with Crippen LogP contribution in [0.2, 0.25) is 0 Å². The van der Waals surface area contributed by atoms with E-state index in [-0.39, 0.29) is 17.3 Å². The third-order valence-corrected chi connectivity index (χ3v) is 2.96. The van der Waals surface area contributed by atoms with E-state index in [0.29, 0.717) is 11.3 Å². The van der Waals surface area contributed by atoms with E-state index in [1.165, 1.54) is 18.2 Å². The predicted molar refractivity (Wildman–Crippen MR) is 76.9 cm³/mol. The van der Waals surface area contributed by atoms with Gasteiger partial charge in [-0.1, -0.05) is 23.4 Å². The zero-order chi connectivity index (χ0) is 15.5. The van der Waals surface area contributed by atoms with Crippen molar-refractivity contribution in [3.8, 4) is 11.4 Å². The summed E-state index contributed by atoms with van der Waals surface area (Å²) in [4.78, 5) is 25.3. The Balaban J connectivity index is 1.90. The number of halogens is 1. The van der Waals surface area contributed by atoms with Crippen molar-refractivity contribution in [2.45, 2.75) is 0 Å². The number of hydrogen-bond acceptors (Lipinski definition) is 4. The molecule has 0 bridgehead atoms. The average molecular weight is 299 g/mol. The van der Waals surface area contributed by atoms with Gasteiger partial charge in [0.25, 0.3) is 5.91 Å². The van der Waals surface area contributed by atoms with Gasteiger partial charge in [-0.05, 0) is 30.3 Å². The Labute approximate surface area is 123 Å². The lowest BCUT2D eigenvalue weighted by Crippen LogP contribution is -2.11. The van der Waals surface area contributed by atoms with Crippen molar-refractivity contribution in [3.63, 3.8) is 0 Å². The highest BCUT2D eigenvalue weighted by Crippen LogP contribution is 2.22. The zero-order valence-corrected chi connectivity index (χ0v) is 11.2. The SMILES string of the molecule is O=C(Nc1ccc(F)c(-c2noc(=O)[nH]2)c1)c1ccccc1. The minimum Gasteiger partial charge on any atom is -0.322 e. The number of carbonyl (C=O) groups is 1. The second-order valence-electron chi connectivity index (χ2n) is 4.46. The van der Waals surface area contributed by atoms with Crippen molar-refractivity contribution in [2.75, 3.05) is 5.32 Å². The van der Waals surface area contributed by atoms with Gasteiger partial charge in [0.1, 0.15) is 5.82 Å². The minimum absolute atomic E-state index is 0.0247. The van der Waals surface area contributed by atoms with Gasteiger partial charge in [-0.3, -0.25) is 14.3 Å². The van der Waals surface area contributed by atoms with Gasteiger partial charge in [0, 0.05) is 11.3 Å². The summed E-state index contributed by atoms with van der Waals surface area (Å²) in [5.74, 6) is -1.75. The highest BCUT2D eigenvalue weighted by Gasteiger charge is 2.12. The molecule has 110 valence electrons. The first kappa shape index (κ1) is 13.7. The van der Waals surface area contributed by atoms with Crippen LogP contribution < -0.4 is 11.1 Å². The summed E-state index contributed by atoms with van der Waals surface area (Å²) in [5.41, 5.74) is 0.869. The number of nitrogens with zero attached hydrogens (tertiary/aromatic N) is 1. The molecule has 1 heterocycles. The second kappa shape index (κ2) is 5.65. The summed E-state index contributed by atoms with van der Waals surface area (Å²) < 4.78 is 18.2. The van der Waals surface area contributed by atoms with E-state index < -0.39 is 11.6 Å². The van der Waals surface area contributed by atoms with E-state index >= 15 is 0 Å². The number of rotatable bonds is 3. The van der Waals surface area contributed by atoms with E-state index in [0.717, 1.165) is 0 Å². The van der Waals surface area contributed by atoms with Crippen molar-refractivity contribution < 1.29 is 13.7 Å². The topological polar surface area (TPSA) is 88.0 Å². The Morgan fingerprint density at radius 2 is 1.95 bits per heavy atom. The molecule has 1 amide bonds. The van der Waals surface area contributed by atoms with Gasteiger partial charge in [-0.15, -0.1) is 0 Å². The fourth-order valence-corrected chi connectivity index (χ4v) is 1.92. The lowest BCUT2D eigenvalue weighted by Gasteiger charge is -2.07. The van der Waals surface area contributed by atoms with Crippen LogP contribution in [0, 0.1) is 5.82 Å². The van der Waals surface area contributed by atoms with Crippen molar-refractivity contribution in [3.05, 3.63) is 70.5 Å². The molecule has 0 atom stereocenters. The maximum Gasteiger partial charge on any atom is 0.439 e. The van der Waals surface area contributed by atoms with E-state index in [4.69, 9.17) is 0 Å². The van der Waals surface area contributed by atoms with Gasteiger partial charge in [-0.2, -0.15) is 0 Å². The first-order valence-corrected chi connectivity index (χ1v) is 6.36. The molecule has 3 aromatic rings. The first-order chi connectivity index (χ1) is 10.6. The Bertz CT molecular complexity index is 871. The molecule has 0 aliphatic carbocycles. The van der Waals surface area contributed by atoms with Gasteiger partial charge in [0.05, 0.1) is 5.56 Å². The molecule has 0 radical (unpaired) electrons. The molecule has 7 heteroatoms. The summed E-state index contributed by atoms with van der Waals surface area (Å²) in [6.45, 7) is 0. The Kier molecular flexibility index (Phi) is 3.53. The Hall–Kier alpha value is -3.22. The van der Waals surface area contributed by atoms with Crippen molar-refractivity contribution in [1.82, 2.24) is 10.1 Å². The third-order valence-electron chi connectivity index (χ3n) is 2.96. The first-order valence-electron chi connectivity index (χ1n) is 6.36. The molecule has 22 heavy (non-hydrogen) atoms. The average Bonchev–Trinajstić information content (AvgIpc) is 2.96. The largest absolute Gasteiger partial charge is 0.439 e. The smallest absolute Gasteiger partial charge is 0.322 e. The summed E-state index contributed by atoms with van der Waals surface area (Å²) in [6.07, 6.45) is 0. The van der Waals surface area contributed by atoms with Crippen molar-refractivity contribution in [1.29, 1.82) is 0 Å². The summed E-state index contributed by atoms with van der Waals surface area (Å²) >= 11 is 0. The normalized spacial score (nSPS) is 10.4. The lowest BCUT2D eigenvalue weighted by atomic mass is 10.1. The molecular formula is C15H10FN3O3. The molecule has 0 aliphatic rings. The molecule has 0 unspecified atom stereocenters. The van der Waals surface area contributed by atoms with Crippen LogP contribution in [0.25, 0.3) is 11.4 Å². The van der Waals surface area contributed by atoms with E-state index in [9.17, 15) is 14.0 Å². The molecule has 2 aromatic carbocycles. The van der Waals surface area contributed by atoms with Gasteiger partial charge >= 0.3 is 5.76 Å². The fourth-order valence-electron chi connectivity index (χ4n) is 1.92. The molecule has 6 nitrogen and oxygen atoms in total. The summed E-state index contributed by atoms with van der Waals surface area (Å²) in [5, 5.41) is 6.08. The van der Waals surface area contributed by atoms with Crippen LogP contribution in [0.5, 0.6) is 0 Å². The lowest BCUT2D eigenvalue weighted by molar-refractivity contribution is 0.102. The molecule has 3 rings (SSSR count). The van der Waals surface area contributed by atoms with Crippen LogP contribution in [0.4, 0.5) is 10.1 Å². The highest BCUT2D eigenvalue weighted by atomic mass is 19.1. The van der Waals surface area contributed by atoms with E-state index in [1.807, 2.05) is 0 Å². The van der Waals surface area contributed by atoms with Gasteiger partial charge in [-0.25, -0.2) is 9.18 Å². The molecule has 2 N–H and O–H groups in total. The molecule has 0 spiro atoms. The highest BCUT2D eigenvalue weighted by molar-refractivity contribution is 6.04. The molecular weight excluding hydrogens is 289 g/mol. The van der Waals surface area contributed by atoms with Crippen LogP contribution in [0.1, 0.15) is 10.4 Å². The van der Waals surface area contributed by atoms with Crippen molar-refractivity contribution in [2.24, 2.45) is 0 Å². The summed E-state index contributed by atoms with van der Waals surface area (Å²) in [7, 11) is 0. The van der Waals surface area contributed by atoms with Gasteiger partial charge in [0.2, 0.25) is 0 Å². The standard InChI is InChI=1S/C15H10FN3O3/c16-12-7-6-10(8-11(12)13-18-15(21)22-19-13)17-14(20)9-4-2-1-3-5-9/h1-8H,(H,17,20)(H,18,19,21). The van der Waals surface area contributed by atoms with Crippen LogP contribution in [0.15, 0.2) is 57.8 Å². The Morgan fingerprint density at radius 1 is 1.18 bits per heavy atom. The van der Waals surface area contributed by atoms with E-state index in [1.54, 1.807) is 30.3 Å². The molecule has 0 saturated carbocycles. The van der Waals surface area contributed by atoms with E-state index in [2.05, 4.69) is 20.0 Å². The maximum atomic E-state index is 13.8. The van der Waals surface area contributed by atoms with Crippen LogP contribution in [-0.4, -0.2) is 16.0 Å². The number of hydrogen-bond donors (Lipinski definition) is 2. The third kappa shape index (κ3) is 2.78. The number of amides is 1. The number of H-pyrrole nitrogens is 1. The monoisotopic (exact) mass is 299 g/mol. The number of benzene rings is 2. The van der Waals surface area contributed by atoms with Crippen LogP contribution in [-0.2, 0) is 0 Å². The van der Waals surface area contributed by atoms with Crippen LogP contribution in [0.3, 0.4) is 0 Å². The summed E-state index contributed by atoms with van der Waals surface area (Å²) in [6, 6.07) is 12.6. The van der Waals surface area contributed by atoms with Crippen molar-refractivity contribution >= 4 is 11.6 Å². The fraction of sp³-hybridized carbons (Fsp3) is 0. The van der Waals surface area contributed by atoms with Gasteiger partial charge in [0.15, 0.2) is 5.82 Å². The minimum atomic E-state index is -0.784. The number of nitrogens with one attached hydrogen (secondary N) is 2. The number of aromatic amines is 1. The molecule has 1 aromatic heterocycles. The quantitative estimate of drug-likeness (QED) is 0.777. The van der Waals surface area contributed by atoms with Crippen LogP contribution >= 0.6 is 0 Å². The number of carbonyl (C=O) groups excluding carboxylic acids is 1. The molecule has 0 aliphatic heterocycles. The second-order valence-corrected chi connectivity index (χ2v) is 4.46. The Morgan fingerprint density at radius 3 is 2.64 bits per heavy atom. The zero-order valence-electron chi connectivity index (χ0n) is 11.2. The number of aromatic nitrogens is 2.